The molecule has 0 spiro atoms. The smallest absolute Gasteiger partial charge is 0.343 e. The molecule has 2 aromatic rings. The Kier molecular flexibility index (Phi) is 6.83. The molecular weight excluding hydrogens is 356 g/mol. The molecule has 1 aliphatic rings. The molecule has 3 rings (SSSR count). The zero-order valence-electron chi connectivity index (χ0n) is 14.6. The Morgan fingerprint density at radius 1 is 1.15 bits per heavy atom. The second-order valence-electron chi connectivity index (χ2n) is 6.28. The maximum atomic E-state index is 12.5. The van der Waals surface area contributed by atoms with Crippen molar-refractivity contribution in [3.05, 3.63) is 36.4 Å². The minimum absolute atomic E-state index is 0. The summed E-state index contributed by atoms with van der Waals surface area (Å²) in [5.74, 6) is 0.0891. The number of hydrogen-bond acceptors (Lipinski definition) is 5. The number of carbonyl (C=O) groups excluding carboxylic acids is 2. The van der Waals surface area contributed by atoms with Crippen LogP contribution in [0.4, 0.5) is 5.69 Å². The minimum atomic E-state index is -0.445. The van der Waals surface area contributed by atoms with Crippen LogP contribution in [0.3, 0.4) is 0 Å². The standard InChI is InChI=1S/C19H22N2O4.ClH/c1-24-18(22)11-25-17-9-8-16(14-4-2-3-5-15(14)17)21-19(23)12-6-7-13(20)10-12;/h2-5,8-9,12-13H,6-7,10-11,20H2,1H3,(H,21,23);1H. The predicted octanol–water partition coefficient (Wildman–Crippen LogP) is 2.88. The van der Waals surface area contributed by atoms with Crippen LogP contribution in [-0.2, 0) is 14.3 Å². The highest BCUT2D eigenvalue weighted by atomic mass is 35.5. The first-order valence-electron chi connectivity index (χ1n) is 8.36. The molecule has 3 N–H and O–H groups in total. The normalized spacial score (nSPS) is 18.8. The summed E-state index contributed by atoms with van der Waals surface area (Å²) in [7, 11) is 1.32. The van der Waals surface area contributed by atoms with Gasteiger partial charge < -0.3 is 20.5 Å². The number of ether oxygens (including phenoxy) is 2. The van der Waals surface area contributed by atoms with E-state index >= 15 is 0 Å². The summed E-state index contributed by atoms with van der Waals surface area (Å²) in [4.78, 5) is 23.8. The van der Waals surface area contributed by atoms with E-state index in [0.717, 1.165) is 35.7 Å². The van der Waals surface area contributed by atoms with Gasteiger partial charge in [0.2, 0.25) is 5.91 Å². The molecule has 1 aliphatic carbocycles. The molecule has 0 bridgehead atoms. The average Bonchev–Trinajstić information content (AvgIpc) is 3.07. The van der Waals surface area contributed by atoms with Gasteiger partial charge in [0, 0.05) is 28.4 Å². The number of rotatable bonds is 5. The Morgan fingerprint density at radius 2 is 1.88 bits per heavy atom. The highest BCUT2D eigenvalue weighted by Gasteiger charge is 2.28. The number of esters is 1. The monoisotopic (exact) mass is 378 g/mol. The molecular formula is C19H23ClN2O4. The van der Waals surface area contributed by atoms with Crippen LogP contribution in [0.2, 0.25) is 0 Å². The van der Waals surface area contributed by atoms with Crippen LogP contribution in [0.15, 0.2) is 36.4 Å². The van der Waals surface area contributed by atoms with Crippen LogP contribution in [0.1, 0.15) is 19.3 Å². The molecule has 6 nitrogen and oxygen atoms in total. The van der Waals surface area contributed by atoms with Crippen molar-refractivity contribution in [3.63, 3.8) is 0 Å². The maximum absolute atomic E-state index is 12.5. The van der Waals surface area contributed by atoms with Crippen molar-refractivity contribution >= 4 is 40.7 Å². The van der Waals surface area contributed by atoms with Gasteiger partial charge in [0.1, 0.15) is 5.75 Å². The van der Waals surface area contributed by atoms with Crippen molar-refractivity contribution in [2.24, 2.45) is 11.7 Å². The quantitative estimate of drug-likeness (QED) is 0.780. The zero-order chi connectivity index (χ0) is 17.8. The number of benzene rings is 2. The highest BCUT2D eigenvalue weighted by molar-refractivity contribution is 6.04. The molecule has 1 fully saturated rings. The Labute approximate surface area is 158 Å². The molecule has 140 valence electrons. The summed E-state index contributed by atoms with van der Waals surface area (Å²) in [6.45, 7) is -0.161. The summed E-state index contributed by atoms with van der Waals surface area (Å²) in [6, 6.07) is 11.2. The number of fused-ring (bicyclic) bond motifs is 1. The lowest BCUT2D eigenvalue weighted by Gasteiger charge is -2.15. The Hall–Kier alpha value is -2.31. The SMILES string of the molecule is COC(=O)COc1ccc(NC(=O)C2CCC(N)C2)c2ccccc12.Cl. The molecule has 0 radical (unpaired) electrons. The van der Waals surface area contributed by atoms with Gasteiger partial charge in [-0.2, -0.15) is 0 Å². The van der Waals surface area contributed by atoms with Crippen molar-refractivity contribution in [1.82, 2.24) is 0 Å². The van der Waals surface area contributed by atoms with E-state index in [1.54, 1.807) is 12.1 Å². The number of carbonyl (C=O) groups is 2. The number of anilines is 1. The van der Waals surface area contributed by atoms with Gasteiger partial charge in [-0.25, -0.2) is 4.79 Å². The molecule has 1 amide bonds. The molecule has 0 saturated heterocycles. The largest absolute Gasteiger partial charge is 0.481 e. The fourth-order valence-corrected chi connectivity index (χ4v) is 3.19. The van der Waals surface area contributed by atoms with Gasteiger partial charge in [0.25, 0.3) is 0 Å². The topological polar surface area (TPSA) is 90.6 Å². The molecule has 0 aromatic heterocycles. The van der Waals surface area contributed by atoms with Crippen LogP contribution < -0.4 is 15.8 Å². The van der Waals surface area contributed by atoms with Gasteiger partial charge in [-0.3, -0.25) is 4.79 Å². The molecule has 0 heterocycles. The van der Waals surface area contributed by atoms with E-state index in [9.17, 15) is 9.59 Å². The first-order valence-corrected chi connectivity index (χ1v) is 8.36. The van der Waals surface area contributed by atoms with Crippen LogP contribution in [0.5, 0.6) is 5.75 Å². The summed E-state index contributed by atoms with van der Waals surface area (Å²) in [6.07, 6.45) is 2.44. The number of hydrogen-bond donors (Lipinski definition) is 2. The number of halogens is 1. The number of nitrogens with two attached hydrogens (primary N) is 1. The third-order valence-electron chi connectivity index (χ3n) is 4.56. The van der Waals surface area contributed by atoms with Crippen molar-refractivity contribution in [1.29, 1.82) is 0 Å². The number of amides is 1. The van der Waals surface area contributed by atoms with Gasteiger partial charge in [-0.15, -0.1) is 12.4 Å². The van der Waals surface area contributed by atoms with Crippen molar-refractivity contribution in [3.8, 4) is 5.75 Å². The van der Waals surface area contributed by atoms with Gasteiger partial charge in [-0.05, 0) is 31.4 Å². The molecule has 0 aliphatic heterocycles. The van der Waals surface area contributed by atoms with Crippen LogP contribution in [0.25, 0.3) is 10.8 Å². The number of methoxy groups -OCH3 is 1. The summed E-state index contributed by atoms with van der Waals surface area (Å²) in [5, 5.41) is 4.70. The predicted molar refractivity (Wildman–Crippen MR) is 103 cm³/mol. The van der Waals surface area contributed by atoms with Gasteiger partial charge in [0.05, 0.1) is 7.11 Å². The fraction of sp³-hybridized carbons (Fsp3) is 0.368. The molecule has 1 saturated carbocycles. The summed E-state index contributed by atoms with van der Waals surface area (Å²) >= 11 is 0. The van der Waals surface area contributed by atoms with E-state index in [4.69, 9.17) is 10.5 Å². The van der Waals surface area contributed by atoms with Crippen LogP contribution >= 0.6 is 12.4 Å². The lowest BCUT2D eigenvalue weighted by atomic mass is 10.0. The Morgan fingerprint density at radius 3 is 2.54 bits per heavy atom. The van der Waals surface area contributed by atoms with Gasteiger partial charge in [0.15, 0.2) is 6.61 Å². The summed E-state index contributed by atoms with van der Waals surface area (Å²) < 4.78 is 10.1. The van der Waals surface area contributed by atoms with Crippen molar-refractivity contribution in [2.45, 2.75) is 25.3 Å². The lowest BCUT2D eigenvalue weighted by Crippen LogP contribution is -2.23. The highest BCUT2D eigenvalue weighted by Crippen LogP contribution is 2.33. The van der Waals surface area contributed by atoms with E-state index in [-0.39, 0.29) is 36.9 Å². The second kappa shape index (κ2) is 8.87. The van der Waals surface area contributed by atoms with Crippen LogP contribution in [-0.4, -0.2) is 31.6 Å². The fourth-order valence-electron chi connectivity index (χ4n) is 3.19. The first-order chi connectivity index (χ1) is 12.1. The molecule has 2 atom stereocenters. The zero-order valence-corrected chi connectivity index (χ0v) is 15.4. The molecule has 7 heteroatoms. The van der Waals surface area contributed by atoms with E-state index in [2.05, 4.69) is 10.1 Å². The number of nitrogens with one attached hydrogen (secondary N) is 1. The average molecular weight is 379 g/mol. The molecule has 2 unspecified atom stereocenters. The van der Waals surface area contributed by atoms with Gasteiger partial charge in [-0.1, -0.05) is 24.3 Å². The maximum Gasteiger partial charge on any atom is 0.343 e. The van der Waals surface area contributed by atoms with E-state index in [1.807, 2.05) is 24.3 Å². The second-order valence-corrected chi connectivity index (χ2v) is 6.28. The Bertz CT molecular complexity index is 796. The third-order valence-corrected chi connectivity index (χ3v) is 4.56. The van der Waals surface area contributed by atoms with E-state index < -0.39 is 5.97 Å². The van der Waals surface area contributed by atoms with Crippen molar-refractivity contribution in [2.75, 3.05) is 19.0 Å². The van der Waals surface area contributed by atoms with E-state index in [1.165, 1.54) is 7.11 Å². The molecule has 2 aromatic carbocycles. The Balaban J connectivity index is 0.00000243. The lowest BCUT2D eigenvalue weighted by molar-refractivity contribution is -0.142. The third kappa shape index (κ3) is 4.45. The van der Waals surface area contributed by atoms with E-state index in [0.29, 0.717) is 5.75 Å². The minimum Gasteiger partial charge on any atom is -0.481 e. The summed E-state index contributed by atoms with van der Waals surface area (Å²) in [5.41, 5.74) is 6.63. The molecule has 26 heavy (non-hydrogen) atoms. The first kappa shape index (κ1) is 20.0. The van der Waals surface area contributed by atoms with Crippen LogP contribution in [0, 0.1) is 5.92 Å². The van der Waals surface area contributed by atoms with Crippen molar-refractivity contribution < 1.29 is 19.1 Å². The van der Waals surface area contributed by atoms with Gasteiger partial charge >= 0.3 is 5.97 Å².